The van der Waals surface area contributed by atoms with E-state index < -0.39 is 41.7 Å². The fourth-order valence-electron chi connectivity index (χ4n) is 8.00. The summed E-state index contributed by atoms with van der Waals surface area (Å²) in [6.45, 7) is 12.2. The number of morpholine rings is 1. The highest BCUT2D eigenvalue weighted by Gasteiger charge is 2.37. The number of esters is 1. The highest BCUT2D eigenvalue weighted by molar-refractivity contribution is 7.10. The number of thiazole rings is 1. The Morgan fingerprint density at radius 3 is 2.80 bits per heavy atom. The van der Waals surface area contributed by atoms with Crippen molar-refractivity contribution in [2.45, 2.75) is 97.4 Å². The largest absolute Gasteiger partial charge is 0.464 e. The molecule has 0 saturated carbocycles. The number of hydrazine groups is 1. The molecule has 5 atom stereocenters. The minimum Gasteiger partial charge on any atom is -0.464 e. The van der Waals surface area contributed by atoms with Crippen molar-refractivity contribution in [3.05, 3.63) is 58.2 Å². The molecule has 3 N–H and O–H groups in total. The minimum atomic E-state index is -0.995. The summed E-state index contributed by atoms with van der Waals surface area (Å²) in [6, 6.07) is 8.71. The Bertz CT molecular complexity index is 2080. The monoisotopic (exact) mass is 787 g/mol. The van der Waals surface area contributed by atoms with Crippen LogP contribution in [-0.4, -0.2) is 112 Å². The van der Waals surface area contributed by atoms with Crippen LogP contribution in [0.4, 0.5) is 0 Å². The number of carbonyl (C=O) groups excluding carboxylic acids is 3. The molecule has 3 aliphatic heterocycles. The van der Waals surface area contributed by atoms with Gasteiger partial charge in [0.15, 0.2) is 0 Å². The van der Waals surface area contributed by atoms with Gasteiger partial charge < -0.3 is 29.2 Å². The molecule has 1 aromatic carbocycles. The molecule has 2 amide bonds. The van der Waals surface area contributed by atoms with Crippen LogP contribution >= 0.6 is 11.3 Å². The molecule has 2 saturated heterocycles. The van der Waals surface area contributed by atoms with E-state index in [1.807, 2.05) is 18.4 Å². The first-order valence-corrected chi connectivity index (χ1v) is 20.4. The second kappa shape index (κ2) is 16.7. The first kappa shape index (κ1) is 40.0. The Labute approximate surface area is 331 Å². The number of nitrogens with zero attached hydrogens (tertiary/aromatic N) is 5. The van der Waals surface area contributed by atoms with Gasteiger partial charge in [0.05, 0.1) is 41.4 Å². The van der Waals surface area contributed by atoms with E-state index in [9.17, 15) is 19.5 Å². The number of aliphatic hydroxyl groups excluding tert-OH is 1. The van der Waals surface area contributed by atoms with E-state index in [0.29, 0.717) is 43.9 Å². The standard InChI is InChI=1S/C41H53N7O7S/c1-7-47-33-13-12-26-18-28(33)29(37(47)27-10-8-14-42-36(27)24(2)53-6)20-41(4,5)23-55-40(52)30-11-9-15-48(45-30)39(51)31(19-35-43-32(26)22-56-35)44-38(50)34-21-46(25(3)49)16-17-54-34/h8,10,12-14,18,22,24-25,30-31,34,45,49H,7,9,11,15-17,19-21,23H2,1-6H3,(H,44,50)/t24-,25?,30-,31-,34-/m0/s1. The number of hydrogen-bond acceptors (Lipinski definition) is 12. The molecule has 0 aliphatic carbocycles. The molecule has 3 aromatic heterocycles. The molecule has 14 nitrogen and oxygen atoms in total. The van der Waals surface area contributed by atoms with Crippen molar-refractivity contribution in [3.63, 3.8) is 0 Å². The quantitative estimate of drug-likeness (QED) is 0.230. The number of rotatable bonds is 7. The van der Waals surface area contributed by atoms with E-state index in [1.54, 1.807) is 25.1 Å². The van der Waals surface area contributed by atoms with E-state index >= 15 is 0 Å². The number of cyclic esters (lactones) is 1. The average molecular weight is 788 g/mol. The van der Waals surface area contributed by atoms with E-state index in [0.717, 1.165) is 44.7 Å². The molecule has 3 aliphatic rings. The number of pyridine rings is 1. The van der Waals surface area contributed by atoms with Gasteiger partial charge in [0.25, 0.3) is 11.8 Å². The first-order valence-electron chi connectivity index (χ1n) is 19.5. The van der Waals surface area contributed by atoms with Crippen LogP contribution in [0.5, 0.6) is 0 Å². The van der Waals surface area contributed by atoms with Crippen LogP contribution in [0.2, 0.25) is 0 Å². The summed E-state index contributed by atoms with van der Waals surface area (Å²) >= 11 is 1.43. The summed E-state index contributed by atoms with van der Waals surface area (Å²) in [5.41, 5.74) is 9.40. The van der Waals surface area contributed by atoms with Crippen molar-refractivity contribution < 1.29 is 33.7 Å². The number of methoxy groups -OCH3 is 1. The zero-order chi connectivity index (χ0) is 39.7. The van der Waals surface area contributed by atoms with Crippen LogP contribution in [0.3, 0.4) is 0 Å². The van der Waals surface area contributed by atoms with Crippen molar-refractivity contribution in [2.75, 3.05) is 40.0 Å². The number of aryl methyl sites for hydroxylation is 1. The second-order valence-electron chi connectivity index (χ2n) is 15.8. The summed E-state index contributed by atoms with van der Waals surface area (Å²) in [7, 11) is 1.69. The first-order chi connectivity index (χ1) is 26.9. The lowest BCUT2D eigenvalue weighted by molar-refractivity contribution is -0.156. The average Bonchev–Trinajstić information content (AvgIpc) is 3.80. The maximum absolute atomic E-state index is 14.2. The molecule has 300 valence electrons. The number of amides is 2. The van der Waals surface area contributed by atoms with Gasteiger partial charge in [0.1, 0.15) is 24.4 Å². The molecular weight excluding hydrogens is 735 g/mol. The van der Waals surface area contributed by atoms with Crippen molar-refractivity contribution in [1.82, 2.24) is 35.2 Å². The molecule has 2 fully saturated rings. The van der Waals surface area contributed by atoms with Gasteiger partial charge in [-0.05, 0) is 69.9 Å². The van der Waals surface area contributed by atoms with Crippen LogP contribution < -0.4 is 10.7 Å². The van der Waals surface area contributed by atoms with Crippen molar-refractivity contribution in [2.24, 2.45) is 5.41 Å². The highest BCUT2D eigenvalue weighted by atomic mass is 32.1. The molecule has 56 heavy (non-hydrogen) atoms. The Morgan fingerprint density at radius 2 is 2.04 bits per heavy atom. The number of ether oxygens (including phenoxy) is 3. The van der Waals surface area contributed by atoms with Crippen LogP contribution in [0.15, 0.2) is 41.9 Å². The molecule has 15 heteroatoms. The fourth-order valence-corrected chi connectivity index (χ4v) is 8.85. The summed E-state index contributed by atoms with van der Waals surface area (Å²) in [5, 5.41) is 18.3. The molecule has 4 aromatic rings. The number of carbonyl (C=O) groups is 3. The van der Waals surface area contributed by atoms with Crippen LogP contribution in [0, 0.1) is 5.41 Å². The van der Waals surface area contributed by atoms with Gasteiger partial charge in [-0.15, -0.1) is 11.3 Å². The molecule has 6 heterocycles. The second-order valence-corrected chi connectivity index (χ2v) is 16.7. The SMILES string of the molecule is CCn1c(-c2cccnc2[C@H](C)OC)c2c3cc(ccc31)-c1csc(n1)C[C@H](NC(=O)[C@@H]1CN(C(C)O)CCO1)C(=O)N1CCC[C@H](N1)C(=O)OCC(C)(C)C2. The molecule has 1 unspecified atom stereocenters. The summed E-state index contributed by atoms with van der Waals surface area (Å²) in [5.74, 6) is -1.26. The van der Waals surface area contributed by atoms with E-state index in [1.165, 1.54) is 16.3 Å². The lowest BCUT2D eigenvalue weighted by atomic mass is 9.84. The van der Waals surface area contributed by atoms with E-state index in [4.69, 9.17) is 24.2 Å². The number of hydrogen-bond donors (Lipinski definition) is 3. The van der Waals surface area contributed by atoms with E-state index in [-0.39, 0.29) is 38.2 Å². The third kappa shape index (κ3) is 8.25. The number of benzene rings is 1. The normalized spacial score (nSPS) is 23.3. The van der Waals surface area contributed by atoms with Gasteiger partial charge in [-0.3, -0.25) is 29.3 Å². The Balaban J connectivity index is 1.31. The molecular formula is C41H53N7O7S. The summed E-state index contributed by atoms with van der Waals surface area (Å²) in [4.78, 5) is 53.2. The lowest BCUT2D eigenvalue weighted by Crippen LogP contribution is -2.62. The maximum atomic E-state index is 14.2. The number of aromatic nitrogens is 3. The molecule has 0 radical (unpaired) electrons. The van der Waals surface area contributed by atoms with Crippen molar-refractivity contribution in [3.8, 4) is 22.5 Å². The Morgan fingerprint density at radius 1 is 1.21 bits per heavy atom. The Kier molecular flexibility index (Phi) is 11.9. The highest BCUT2D eigenvalue weighted by Crippen LogP contribution is 2.42. The molecule has 6 bridgehead atoms. The molecule has 0 spiro atoms. The predicted octanol–water partition coefficient (Wildman–Crippen LogP) is 4.24. The maximum Gasteiger partial charge on any atom is 0.324 e. The zero-order valence-electron chi connectivity index (χ0n) is 33.0. The van der Waals surface area contributed by atoms with Crippen molar-refractivity contribution in [1.29, 1.82) is 0 Å². The van der Waals surface area contributed by atoms with Crippen LogP contribution in [0.1, 0.15) is 69.8 Å². The lowest BCUT2D eigenvalue weighted by Gasteiger charge is -2.36. The van der Waals surface area contributed by atoms with Gasteiger partial charge in [-0.25, -0.2) is 10.4 Å². The van der Waals surface area contributed by atoms with Gasteiger partial charge in [0, 0.05) is 78.7 Å². The zero-order valence-corrected chi connectivity index (χ0v) is 33.9. The third-order valence-electron chi connectivity index (χ3n) is 11.1. The van der Waals surface area contributed by atoms with Gasteiger partial charge >= 0.3 is 5.97 Å². The number of fused-ring (bicyclic) bond motifs is 6. The molecule has 7 rings (SSSR count). The van der Waals surface area contributed by atoms with Crippen molar-refractivity contribution >= 4 is 40.0 Å². The van der Waals surface area contributed by atoms with Gasteiger partial charge in [0.2, 0.25) is 0 Å². The minimum absolute atomic E-state index is 0.134. The number of nitrogens with one attached hydrogen (secondary N) is 2. The van der Waals surface area contributed by atoms with E-state index in [2.05, 4.69) is 60.3 Å². The van der Waals surface area contributed by atoms with Crippen LogP contribution in [-0.2, 0) is 48.0 Å². The number of aliphatic hydroxyl groups is 1. The van der Waals surface area contributed by atoms with Gasteiger partial charge in [-0.2, -0.15) is 0 Å². The smallest absolute Gasteiger partial charge is 0.324 e. The summed E-state index contributed by atoms with van der Waals surface area (Å²) in [6.07, 6.45) is 1.76. The predicted molar refractivity (Wildman–Crippen MR) is 212 cm³/mol. The van der Waals surface area contributed by atoms with Crippen LogP contribution in [0.25, 0.3) is 33.4 Å². The van der Waals surface area contributed by atoms with Gasteiger partial charge in [-0.1, -0.05) is 19.9 Å². The summed E-state index contributed by atoms with van der Waals surface area (Å²) < 4.78 is 19.9. The third-order valence-corrected chi connectivity index (χ3v) is 11.9. The Hall–Kier alpha value is -4.25. The fraction of sp³-hybridized carbons (Fsp3) is 0.537. The topological polar surface area (TPSA) is 160 Å².